The number of aromatic nitrogens is 2. The van der Waals surface area contributed by atoms with Gasteiger partial charge in [-0.15, -0.1) is 11.3 Å². The smallest absolute Gasteiger partial charge is 0.339 e. The topological polar surface area (TPSA) is 94.3 Å². The number of carbonyl (C=O) groups is 2. The molecule has 0 fully saturated rings. The van der Waals surface area contributed by atoms with Gasteiger partial charge < -0.3 is 14.6 Å². The number of pyridine rings is 1. The van der Waals surface area contributed by atoms with Crippen molar-refractivity contribution >= 4 is 57.5 Å². The molecule has 0 aliphatic carbocycles. The maximum absolute atomic E-state index is 12.8. The SMILES string of the molecule is Cc1noc2nc(-c3cccs3)cc(C(=O)OCC(=O)NCc3ccc(Cl)cc3Cl)c12. The number of nitrogens with one attached hydrogen (secondary N) is 1. The molecule has 0 saturated heterocycles. The summed E-state index contributed by atoms with van der Waals surface area (Å²) in [6.07, 6.45) is 0. The first-order valence-corrected chi connectivity index (χ1v) is 10.7. The summed E-state index contributed by atoms with van der Waals surface area (Å²) in [6, 6.07) is 10.4. The predicted molar refractivity (Wildman–Crippen MR) is 118 cm³/mol. The van der Waals surface area contributed by atoms with Gasteiger partial charge in [-0.25, -0.2) is 9.78 Å². The van der Waals surface area contributed by atoms with Crippen LogP contribution in [0.25, 0.3) is 21.7 Å². The van der Waals surface area contributed by atoms with Gasteiger partial charge in [0.2, 0.25) is 0 Å². The Morgan fingerprint density at radius 2 is 2.06 bits per heavy atom. The molecule has 4 aromatic rings. The van der Waals surface area contributed by atoms with Gasteiger partial charge in [0.1, 0.15) is 0 Å². The van der Waals surface area contributed by atoms with Crippen LogP contribution in [-0.2, 0) is 16.1 Å². The van der Waals surface area contributed by atoms with E-state index in [1.807, 2.05) is 17.5 Å². The third kappa shape index (κ3) is 4.71. The molecule has 0 atom stereocenters. The lowest BCUT2D eigenvalue weighted by molar-refractivity contribution is -0.124. The van der Waals surface area contributed by atoms with Crippen LogP contribution in [0, 0.1) is 6.92 Å². The second-order valence-corrected chi connectivity index (χ2v) is 8.36. The van der Waals surface area contributed by atoms with Crippen molar-refractivity contribution in [3.8, 4) is 10.6 Å². The van der Waals surface area contributed by atoms with E-state index in [0.717, 1.165) is 4.88 Å². The fraction of sp³-hybridized carbons (Fsp3) is 0.143. The quantitative estimate of drug-likeness (QED) is 0.392. The monoisotopic (exact) mass is 475 g/mol. The van der Waals surface area contributed by atoms with Crippen LogP contribution in [0.5, 0.6) is 0 Å². The van der Waals surface area contributed by atoms with E-state index in [1.165, 1.54) is 11.3 Å². The van der Waals surface area contributed by atoms with Crippen LogP contribution >= 0.6 is 34.5 Å². The van der Waals surface area contributed by atoms with Gasteiger partial charge in [0.05, 0.1) is 27.2 Å². The van der Waals surface area contributed by atoms with Crippen molar-refractivity contribution in [2.75, 3.05) is 6.61 Å². The molecule has 0 radical (unpaired) electrons. The second-order valence-electron chi connectivity index (χ2n) is 6.57. The summed E-state index contributed by atoms with van der Waals surface area (Å²) in [6.45, 7) is 1.43. The number of halogens is 2. The van der Waals surface area contributed by atoms with E-state index >= 15 is 0 Å². The van der Waals surface area contributed by atoms with Gasteiger partial charge in [-0.2, -0.15) is 0 Å². The zero-order chi connectivity index (χ0) is 22.0. The zero-order valence-corrected chi connectivity index (χ0v) is 18.5. The van der Waals surface area contributed by atoms with Crippen LogP contribution in [-0.4, -0.2) is 28.6 Å². The number of ether oxygens (including phenoxy) is 1. The number of nitrogens with zero attached hydrogens (tertiary/aromatic N) is 2. The fourth-order valence-corrected chi connectivity index (χ4v) is 4.09. The first-order valence-electron chi connectivity index (χ1n) is 9.11. The Kier molecular flexibility index (Phi) is 6.22. The van der Waals surface area contributed by atoms with E-state index in [2.05, 4.69) is 15.5 Å². The maximum atomic E-state index is 12.8. The molecule has 7 nitrogen and oxygen atoms in total. The molecule has 3 heterocycles. The van der Waals surface area contributed by atoms with Crippen LogP contribution in [0.4, 0.5) is 0 Å². The molecule has 0 aliphatic rings. The minimum absolute atomic E-state index is 0.180. The molecule has 1 aromatic carbocycles. The van der Waals surface area contributed by atoms with Crippen LogP contribution in [0.15, 0.2) is 46.3 Å². The highest BCUT2D eigenvalue weighted by atomic mass is 35.5. The van der Waals surface area contributed by atoms with Crippen LogP contribution in [0.1, 0.15) is 21.6 Å². The number of hydrogen-bond donors (Lipinski definition) is 1. The van der Waals surface area contributed by atoms with Gasteiger partial charge in [0, 0.05) is 16.6 Å². The summed E-state index contributed by atoms with van der Waals surface area (Å²) in [4.78, 5) is 30.2. The number of hydrogen-bond acceptors (Lipinski definition) is 7. The van der Waals surface area contributed by atoms with Crippen LogP contribution in [0.3, 0.4) is 0 Å². The highest BCUT2D eigenvalue weighted by Gasteiger charge is 2.21. The van der Waals surface area contributed by atoms with Crippen LogP contribution < -0.4 is 5.32 Å². The summed E-state index contributed by atoms with van der Waals surface area (Å²) in [7, 11) is 0. The molecule has 158 valence electrons. The number of rotatable bonds is 6. The Morgan fingerprint density at radius 3 is 2.81 bits per heavy atom. The lowest BCUT2D eigenvalue weighted by atomic mass is 10.1. The molecule has 0 unspecified atom stereocenters. The van der Waals surface area contributed by atoms with Gasteiger partial charge in [-0.3, -0.25) is 4.79 Å². The summed E-state index contributed by atoms with van der Waals surface area (Å²) < 4.78 is 10.5. The number of benzene rings is 1. The predicted octanol–water partition coefficient (Wildman–Crippen LogP) is 5.04. The van der Waals surface area contributed by atoms with Gasteiger partial charge in [-0.1, -0.05) is 40.5 Å². The summed E-state index contributed by atoms with van der Waals surface area (Å²) in [5.41, 5.74) is 2.24. The van der Waals surface area contributed by atoms with Crippen molar-refractivity contribution in [3.63, 3.8) is 0 Å². The third-order valence-corrected chi connectivity index (χ3v) is 5.92. The minimum Gasteiger partial charge on any atom is -0.452 e. The van der Waals surface area contributed by atoms with Crippen molar-refractivity contribution < 1.29 is 18.8 Å². The molecule has 0 spiro atoms. The molecule has 1 amide bonds. The van der Waals surface area contributed by atoms with E-state index in [9.17, 15) is 9.59 Å². The minimum atomic E-state index is -0.670. The average molecular weight is 476 g/mol. The molecule has 1 N–H and O–H groups in total. The Balaban J connectivity index is 1.47. The zero-order valence-electron chi connectivity index (χ0n) is 16.1. The Labute approximate surface area is 190 Å². The summed E-state index contributed by atoms with van der Waals surface area (Å²) in [5.74, 6) is -1.14. The Morgan fingerprint density at radius 1 is 1.23 bits per heavy atom. The van der Waals surface area contributed by atoms with Gasteiger partial charge >= 0.3 is 5.97 Å². The van der Waals surface area contributed by atoms with Gasteiger partial charge in [0.25, 0.3) is 11.6 Å². The molecule has 4 rings (SSSR count). The third-order valence-electron chi connectivity index (χ3n) is 4.44. The van der Waals surface area contributed by atoms with E-state index in [-0.39, 0.29) is 17.8 Å². The van der Waals surface area contributed by atoms with Crippen molar-refractivity contribution in [2.24, 2.45) is 0 Å². The molecule has 10 heteroatoms. The molecular formula is C21H15Cl2N3O4S. The molecule has 0 bridgehead atoms. The van der Waals surface area contributed by atoms with Crippen molar-refractivity contribution in [2.45, 2.75) is 13.5 Å². The molecule has 0 saturated carbocycles. The van der Waals surface area contributed by atoms with E-state index in [1.54, 1.807) is 31.2 Å². The lowest BCUT2D eigenvalue weighted by Gasteiger charge is -2.09. The molecule has 3 aromatic heterocycles. The standard InChI is InChI=1S/C21H15Cl2N3O4S/c1-11-19-14(8-16(17-3-2-6-31-17)25-20(19)30-26-11)21(28)29-10-18(27)24-9-12-4-5-13(22)7-15(12)23/h2-8H,9-10H2,1H3,(H,24,27). The normalized spacial score (nSPS) is 10.9. The first kappa shape index (κ1) is 21.3. The number of amides is 1. The van der Waals surface area contributed by atoms with Gasteiger partial charge in [0.15, 0.2) is 6.61 Å². The van der Waals surface area contributed by atoms with E-state index in [0.29, 0.717) is 32.4 Å². The van der Waals surface area contributed by atoms with E-state index < -0.39 is 18.5 Å². The Hall–Kier alpha value is -2.94. The fourth-order valence-electron chi connectivity index (χ4n) is 2.92. The van der Waals surface area contributed by atoms with E-state index in [4.69, 9.17) is 32.5 Å². The highest BCUT2D eigenvalue weighted by molar-refractivity contribution is 7.13. The number of thiophene rings is 1. The number of fused-ring (bicyclic) bond motifs is 1. The molecule has 31 heavy (non-hydrogen) atoms. The van der Waals surface area contributed by atoms with Gasteiger partial charge in [-0.05, 0) is 42.1 Å². The van der Waals surface area contributed by atoms with Crippen molar-refractivity contribution in [1.29, 1.82) is 0 Å². The largest absolute Gasteiger partial charge is 0.452 e. The lowest BCUT2D eigenvalue weighted by Crippen LogP contribution is -2.28. The summed E-state index contributed by atoms with van der Waals surface area (Å²) >= 11 is 13.4. The number of carbonyl (C=O) groups excluding carboxylic acids is 2. The first-order chi connectivity index (χ1) is 14.9. The molecule has 0 aliphatic heterocycles. The highest BCUT2D eigenvalue weighted by Crippen LogP contribution is 2.29. The second kappa shape index (κ2) is 9.05. The van der Waals surface area contributed by atoms with Crippen molar-refractivity contribution in [1.82, 2.24) is 15.5 Å². The Bertz CT molecular complexity index is 1270. The summed E-state index contributed by atoms with van der Waals surface area (Å²) in [5, 5.41) is 9.85. The maximum Gasteiger partial charge on any atom is 0.339 e. The number of esters is 1. The molecular weight excluding hydrogens is 461 g/mol. The number of aryl methyl sites for hydroxylation is 1. The van der Waals surface area contributed by atoms with Crippen molar-refractivity contribution in [3.05, 3.63) is 68.6 Å². The van der Waals surface area contributed by atoms with Crippen LogP contribution in [0.2, 0.25) is 10.0 Å². The average Bonchev–Trinajstić information content (AvgIpc) is 3.41.